The molecule has 0 spiro atoms. The van der Waals surface area contributed by atoms with Crippen LogP contribution in [-0.4, -0.2) is 11.0 Å². The van der Waals surface area contributed by atoms with Crippen LogP contribution in [0.1, 0.15) is 51.1 Å². The van der Waals surface area contributed by atoms with Crippen LogP contribution in [0.15, 0.2) is 24.5 Å². The van der Waals surface area contributed by atoms with Crippen LogP contribution in [0.5, 0.6) is 0 Å². The topological polar surface area (TPSA) is 24.9 Å². The second-order valence-corrected chi connectivity index (χ2v) is 5.04. The van der Waals surface area contributed by atoms with Gasteiger partial charge in [-0.25, -0.2) is 0 Å². The lowest BCUT2D eigenvalue weighted by atomic mass is 9.85. The first-order valence-corrected chi connectivity index (χ1v) is 6.43. The monoisotopic (exact) mass is 218 g/mol. The van der Waals surface area contributed by atoms with E-state index in [2.05, 4.69) is 30.2 Å². The van der Waals surface area contributed by atoms with Crippen molar-refractivity contribution < 1.29 is 0 Å². The Bertz CT molecular complexity index is 310. The molecule has 2 rings (SSSR count). The van der Waals surface area contributed by atoms with E-state index in [1.807, 2.05) is 18.5 Å². The Labute approximate surface area is 98.5 Å². The molecule has 1 aliphatic rings. The Morgan fingerprint density at radius 3 is 2.88 bits per heavy atom. The van der Waals surface area contributed by atoms with Gasteiger partial charge in [-0.3, -0.25) is 4.98 Å². The number of aromatic nitrogens is 1. The molecule has 1 heterocycles. The van der Waals surface area contributed by atoms with E-state index < -0.39 is 0 Å². The molecule has 1 aromatic rings. The Morgan fingerprint density at radius 1 is 1.38 bits per heavy atom. The first-order valence-electron chi connectivity index (χ1n) is 6.43. The lowest BCUT2D eigenvalue weighted by Gasteiger charge is -2.32. The van der Waals surface area contributed by atoms with E-state index in [1.165, 1.54) is 31.2 Å². The van der Waals surface area contributed by atoms with Gasteiger partial charge >= 0.3 is 0 Å². The van der Waals surface area contributed by atoms with Crippen molar-refractivity contribution in [3.63, 3.8) is 0 Å². The maximum Gasteiger partial charge on any atom is 0.0315 e. The molecule has 0 saturated heterocycles. The van der Waals surface area contributed by atoms with Crippen LogP contribution in [-0.2, 0) is 0 Å². The molecule has 3 atom stereocenters. The highest BCUT2D eigenvalue weighted by atomic mass is 15.0. The van der Waals surface area contributed by atoms with Crippen LogP contribution in [0.2, 0.25) is 0 Å². The van der Waals surface area contributed by atoms with E-state index in [1.54, 1.807) is 0 Å². The van der Waals surface area contributed by atoms with Crippen LogP contribution >= 0.6 is 0 Å². The van der Waals surface area contributed by atoms with Crippen molar-refractivity contribution in [1.29, 1.82) is 0 Å². The third-order valence-electron chi connectivity index (χ3n) is 3.76. The van der Waals surface area contributed by atoms with Crippen molar-refractivity contribution >= 4 is 0 Å². The summed E-state index contributed by atoms with van der Waals surface area (Å²) in [5.41, 5.74) is 1.29. The SMILES string of the molecule is CC1CCCCC1N[C@@H](C)c1cccnc1. The number of pyridine rings is 1. The fourth-order valence-electron chi connectivity index (χ4n) is 2.61. The van der Waals surface area contributed by atoms with Gasteiger partial charge in [-0.1, -0.05) is 25.8 Å². The van der Waals surface area contributed by atoms with E-state index in [0.29, 0.717) is 12.1 Å². The molecule has 1 aromatic heterocycles. The van der Waals surface area contributed by atoms with Gasteiger partial charge < -0.3 is 5.32 Å². The highest BCUT2D eigenvalue weighted by Crippen LogP contribution is 2.25. The minimum atomic E-state index is 0.416. The standard InChI is InChI=1S/C14H22N2/c1-11-6-3-4-8-14(11)16-12(2)13-7-5-9-15-10-13/h5,7,9-12,14,16H,3-4,6,8H2,1-2H3/t11?,12-,14?/m0/s1. The van der Waals surface area contributed by atoms with E-state index in [4.69, 9.17) is 0 Å². The zero-order valence-corrected chi connectivity index (χ0v) is 10.3. The molecule has 0 bridgehead atoms. The summed E-state index contributed by atoms with van der Waals surface area (Å²) in [5.74, 6) is 0.813. The molecule has 88 valence electrons. The fraction of sp³-hybridized carbons (Fsp3) is 0.643. The zero-order valence-electron chi connectivity index (χ0n) is 10.3. The maximum atomic E-state index is 4.18. The number of nitrogens with one attached hydrogen (secondary N) is 1. The Balaban J connectivity index is 1.94. The minimum Gasteiger partial charge on any atom is -0.307 e. The summed E-state index contributed by atoms with van der Waals surface area (Å²) < 4.78 is 0. The largest absolute Gasteiger partial charge is 0.307 e. The van der Waals surface area contributed by atoms with Gasteiger partial charge in [-0.15, -0.1) is 0 Å². The Hall–Kier alpha value is -0.890. The molecular weight excluding hydrogens is 196 g/mol. The number of nitrogens with zero attached hydrogens (tertiary/aromatic N) is 1. The third kappa shape index (κ3) is 2.82. The summed E-state index contributed by atoms with van der Waals surface area (Å²) in [6.45, 7) is 4.60. The van der Waals surface area contributed by atoms with E-state index in [0.717, 1.165) is 5.92 Å². The Morgan fingerprint density at radius 2 is 2.19 bits per heavy atom. The van der Waals surface area contributed by atoms with E-state index >= 15 is 0 Å². The zero-order chi connectivity index (χ0) is 11.4. The fourth-order valence-corrected chi connectivity index (χ4v) is 2.61. The van der Waals surface area contributed by atoms with Gasteiger partial charge in [0.15, 0.2) is 0 Å². The van der Waals surface area contributed by atoms with Gasteiger partial charge in [0.25, 0.3) is 0 Å². The molecule has 1 fully saturated rings. The molecule has 2 nitrogen and oxygen atoms in total. The second kappa shape index (κ2) is 5.44. The van der Waals surface area contributed by atoms with Crippen LogP contribution in [0.25, 0.3) is 0 Å². The van der Waals surface area contributed by atoms with Crippen molar-refractivity contribution in [2.24, 2.45) is 5.92 Å². The predicted molar refractivity (Wildman–Crippen MR) is 67.2 cm³/mol. The molecule has 0 aromatic carbocycles. The first-order chi connectivity index (χ1) is 7.77. The average Bonchev–Trinajstić information content (AvgIpc) is 2.33. The molecular formula is C14H22N2. The van der Waals surface area contributed by atoms with E-state index in [9.17, 15) is 0 Å². The normalized spacial score (nSPS) is 27.6. The lowest BCUT2D eigenvalue weighted by molar-refractivity contribution is 0.263. The van der Waals surface area contributed by atoms with Crippen molar-refractivity contribution in [3.05, 3.63) is 30.1 Å². The first kappa shape index (κ1) is 11.6. The van der Waals surface area contributed by atoms with Crippen molar-refractivity contribution in [2.75, 3.05) is 0 Å². The number of hydrogen-bond donors (Lipinski definition) is 1. The summed E-state index contributed by atoms with van der Waals surface area (Å²) in [7, 11) is 0. The highest BCUT2D eigenvalue weighted by Gasteiger charge is 2.22. The minimum absolute atomic E-state index is 0.416. The van der Waals surface area contributed by atoms with Crippen LogP contribution in [0.3, 0.4) is 0 Å². The van der Waals surface area contributed by atoms with Crippen LogP contribution in [0.4, 0.5) is 0 Å². The average molecular weight is 218 g/mol. The molecule has 1 N–H and O–H groups in total. The van der Waals surface area contributed by atoms with Crippen LogP contribution < -0.4 is 5.32 Å². The van der Waals surface area contributed by atoms with Gasteiger partial charge in [0, 0.05) is 24.5 Å². The summed E-state index contributed by atoms with van der Waals surface area (Å²) in [5, 5.41) is 3.74. The van der Waals surface area contributed by atoms with Crippen molar-refractivity contribution in [2.45, 2.75) is 51.6 Å². The molecule has 16 heavy (non-hydrogen) atoms. The summed E-state index contributed by atoms with van der Waals surface area (Å²) in [6, 6.07) is 5.26. The van der Waals surface area contributed by atoms with E-state index in [-0.39, 0.29) is 0 Å². The molecule has 0 radical (unpaired) electrons. The molecule has 1 saturated carbocycles. The van der Waals surface area contributed by atoms with Gasteiger partial charge in [0.2, 0.25) is 0 Å². The van der Waals surface area contributed by atoms with Crippen molar-refractivity contribution in [1.82, 2.24) is 10.3 Å². The molecule has 2 unspecified atom stereocenters. The van der Waals surface area contributed by atoms with Gasteiger partial charge in [0.1, 0.15) is 0 Å². The molecule has 0 aliphatic heterocycles. The Kier molecular flexibility index (Phi) is 3.94. The summed E-state index contributed by atoms with van der Waals surface area (Å²) in [4.78, 5) is 4.18. The maximum absolute atomic E-state index is 4.18. The number of hydrogen-bond acceptors (Lipinski definition) is 2. The molecule has 0 amide bonds. The predicted octanol–water partition coefficient (Wildman–Crippen LogP) is 3.31. The van der Waals surface area contributed by atoms with Crippen LogP contribution in [0, 0.1) is 5.92 Å². The van der Waals surface area contributed by atoms with Gasteiger partial charge in [0.05, 0.1) is 0 Å². The third-order valence-corrected chi connectivity index (χ3v) is 3.76. The highest BCUT2D eigenvalue weighted by molar-refractivity contribution is 5.13. The lowest BCUT2D eigenvalue weighted by Crippen LogP contribution is -2.38. The van der Waals surface area contributed by atoms with Gasteiger partial charge in [-0.05, 0) is 37.3 Å². The smallest absolute Gasteiger partial charge is 0.0315 e. The second-order valence-electron chi connectivity index (χ2n) is 5.04. The molecule has 1 aliphatic carbocycles. The summed E-state index contributed by atoms with van der Waals surface area (Å²) in [6.07, 6.45) is 9.27. The summed E-state index contributed by atoms with van der Waals surface area (Å²) >= 11 is 0. The van der Waals surface area contributed by atoms with Gasteiger partial charge in [-0.2, -0.15) is 0 Å². The number of rotatable bonds is 3. The molecule has 2 heteroatoms. The van der Waals surface area contributed by atoms with Crippen molar-refractivity contribution in [3.8, 4) is 0 Å². The quantitative estimate of drug-likeness (QED) is 0.842.